The third-order valence-corrected chi connectivity index (χ3v) is 5.51. The summed E-state index contributed by atoms with van der Waals surface area (Å²) in [6.45, 7) is 0.523. The molecule has 1 aromatic heterocycles. The van der Waals surface area contributed by atoms with E-state index >= 15 is 0 Å². The van der Waals surface area contributed by atoms with Crippen LogP contribution in [0.1, 0.15) is 25.0 Å². The lowest BCUT2D eigenvalue weighted by Crippen LogP contribution is -2.39. The molecule has 0 amide bonds. The molecule has 2 N–H and O–H groups in total. The van der Waals surface area contributed by atoms with Gasteiger partial charge >= 0.3 is 4.87 Å². The fourth-order valence-electron chi connectivity index (χ4n) is 2.31. The summed E-state index contributed by atoms with van der Waals surface area (Å²) in [5.74, 6) is 0. The minimum absolute atomic E-state index is 0.00778. The highest BCUT2D eigenvalue weighted by Crippen LogP contribution is 2.25. The molecule has 1 saturated carbocycles. The number of aromatic nitrogens is 1. The maximum atomic E-state index is 11.6. The van der Waals surface area contributed by atoms with Crippen LogP contribution in [0.3, 0.4) is 0 Å². The Kier molecular flexibility index (Phi) is 3.70. The molecule has 0 spiro atoms. The molecule has 2 rings (SSSR count). The molecule has 0 bridgehead atoms. The standard InChI is InChI=1S/C10H16N2O3S2/c1-17(14,15)9-4-2-3-8(9)11-5-7-6-16-10(13)12-7/h6,8-9,11H,2-5H2,1H3,(H,12,13). The zero-order valence-electron chi connectivity index (χ0n) is 9.60. The molecule has 5 nitrogen and oxygen atoms in total. The number of aromatic amines is 1. The molecule has 17 heavy (non-hydrogen) atoms. The summed E-state index contributed by atoms with van der Waals surface area (Å²) in [5, 5.41) is 4.70. The highest BCUT2D eigenvalue weighted by Gasteiger charge is 2.34. The Bertz CT molecular complexity index is 532. The Labute approximate surface area is 104 Å². The van der Waals surface area contributed by atoms with E-state index in [0.29, 0.717) is 6.54 Å². The normalized spacial score (nSPS) is 25.2. The predicted octanol–water partition coefficient (Wildman–Crippen LogP) is 0.492. The minimum atomic E-state index is -2.98. The van der Waals surface area contributed by atoms with Crippen LogP contribution in [0.5, 0.6) is 0 Å². The molecular weight excluding hydrogens is 260 g/mol. The van der Waals surface area contributed by atoms with Crippen molar-refractivity contribution in [3.8, 4) is 0 Å². The van der Waals surface area contributed by atoms with Crippen molar-refractivity contribution in [2.75, 3.05) is 6.26 Å². The first-order valence-corrected chi connectivity index (χ1v) is 8.39. The maximum absolute atomic E-state index is 11.6. The number of H-pyrrole nitrogens is 1. The first-order chi connectivity index (χ1) is 7.97. The summed E-state index contributed by atoms with van der Waals surface area (Å²) >= 11 is 1.12. The highest BCUT2D eigenvalue weighted by atomic mass is 32.2. The lowest BCUT2D eigenvalue weighted by atomic mass is 10.2. The molecule has 2 unspecified atom stereocenters. The van der Waals surface area contributed by atoms with E-state index in [1.165, 1.54) is 6.26 Å². The average molecular weight is 276 g/mol. The Balaban J connectivity index is 1.97. The third kappa shape index (κ3) is 3.17. The van der Waals surface area contributed by atoms with Crippen molar-refractivity contribution in [3.05, 3.63) is 20.7 Å². The van der Waals surface area contributed by atoms with Gasteiger partial charge in [-0.15, -0.1) is 0 Å². The molecular formula is C10H16N2O3S2. The van der Waals surface area contributed by atoms with Gasteiger partial charge in [-0.05, 0) is 12.8 Å². The molecule has 2 atom stereocenters. The van der Waals surface area contributed by atoms with E-state index in [1.807, 2.05) is 0 Å². The molecule has 96 valence electrons. The molecule has 1 fully saturated rings. The molecule has 1 aromatic rings. The van der Waals surface area contributed by atoms with Crippen LogP contribution in [-0.2, 0) is 16.4 Å². The molecule has 1 aliphatic carbocycles. The summed E-state index contributed by atoms with van der Waals surface area (Å²) in [6.07, 6.45) is 3.85. The van der Waals surface area contributed by atoms with Gasteiger partial charge in [-0.25, -0.2) is 8.42 Å². The predicted molar refractivity (Wildman–Crippen MR) is 68.1 cm³/mol. The van der Waals surface area contributed by atoms with Crippen LogP contribution in [0.4, 0.5) is 0 Å². The zero-order chi connectivity index (χ0) is 12.5. The Morgan fingerprint density at radius 3 is 2.88 bits per heavy atom. The molecule has 0 radical (unpaired) electrons. The van der Waals surface area contributed by atoms with Gasteiger partial charge in [-0.1, -0.05) is 17.8 Å². The third-order valence-electron chi connectivity index (χ3n) is 3.13. The van der Waals surface area contributed by atoms with Crippen molar-refractivity contribution in [1.82, 2.24) is 10.3 Å². The van der Waals surface area contributed by atoms with E-state index in [1.54, 1.807) is 5.38 Å². The molecule has 7 heteroatoms. The van der Waals surface area contributed by atoms with Crippen LogP contribution >= 0.6 is 11.3 Å². The number of nitrogens with one attached hydrogen (secondary N) is 2. The maximum Gasteiger partial charge on any atom is 0.304 e. The van der Waals surface area contributed by atoms with E-state index < -0.39 is 9.84 Å². The highest BCUT2D eigenvalue weighted by molar-refractivity contribution is 7.91. The van der Waals surface area contributed by atoms with Gasteiger partial charge in [-0.2, -0.15) is 0 Å². The van der Waals surface area contributed by atoms with Crippen LogP contribution in [0.15, 0.2) is 10.2 Å². The number of thiazole rings is 1. The quantitative estimate of drug-likeness (QED) is 0.839. The van der Waals surface area contributed by atoms with Crippen molar-refractivity contribution >= 4 is 21.2 Å². The smallest absolute Gasteiger partial charge is 0.304 e. The molecule has 0 aromatic carbocycles. The number of hydrogen-bond acceptors (Lipinski definition) is 5. The van der Waals surface area contributed by atoms with Crippen molar-refractivity contribution < 1.29 is 8.42 Å². The van der Waals surface area contributed by atoms with Crippen LogP contribution < -0.4 is 10.2 Å². The summed E-state index contributed by atoms with van der Waals surface area (Å²) < 4.78 is 23.1. The first-order valence-electron chi connectivity index (χ1n) is 5.56. The van der Waals surface area contributed by atoms with Crippen LogP contribution in [-0.4, -0.2) is 30.9 Å². The summed E-state index contributed by atoms with van der Waals surface area (Å²) in [6, 6.07) is 0.00778. The van der Waals surface area contributed by atoms with Crippen LogP contribution in [0.2, 0.25) is 0 Å². The fraction of sp³-hybridized carbons (Fsp3) is 0.700. The van der Waals surface area contributed by atoms with E-state index in [0.717, 1.165) is 36.3 Å². The number of rotatable bonds is 4. The number of hydrogen-bond donors (Lipinski definition) is 2. The number of sulfone groups is 1. The first kappa shape index (κ1) is 12.8. The van der Waals surface area contributed by atoms with Gasteiger partial charge in [0.1, 0.15) is 0 Å². The summed E-state index contributed by atoms with van der Waals surface area (Å²) in [5.41, 5.74) is 0.819. The second-order valence-electron chi connectivity index (χ2n) is 4.46. The lowest BCUT2D eigenvalue weighted by molar-refractivity contribution is 0.504. The zero-order valence-corrected chi connectivity index (χ0v) is 11.2. The monoisotopic (exact) mass is 276 g/mol. The van der Waals surface area contributed by atoms with E-state index in [2.05, 4.69) is 10.3 Å². The Morgan fingerprint density at radius 1 is 1.53 bits per heavy atom. The van der Waals surface area contributed by atoms with Gasteiger partial charge < -0.3 is 10.3 Å². The minimum Gasteiger partial charge on any atom is -0.315 e. The second-order valence-corrected chi connectivity index (χ2v) is 7.57. The molecule has 1 heterocycles. The Hall–Kier alpha value is -0.660. The second kappa shape index (κ2) is 4.91. The average Bonchev–Trinajstić information content (AvgIpc) is 2.81. The topological polar surface area (TPSA) is 79.0 Å². The van der Waals surface area contributed by atoms with Crippen molar-refractivity contribution in [1.29, 1.82) is 0 Å². The summed E-state index contributed by atoms with van der Waals surface area (Å²) in [4.78, 5) is 13.6. The van der Waals surface area contributed by atoms with Crippen LogP contribution in [0.25, 0.3) is 0 Å². The van der Waals surface area contributed by atoms with E-state index in [4.69, 9.17) is 0 Å². The SMILES string of the molecule is CS(=O)(=O)C1CCCC1NCc1csc(=O)[nH]1. The van der Waals surface area contributed by atoms with Gasteiger partial charge in [0.15, 0.2) is 9.84 Å². The van der Waals surface area contributed by atoms with Gasteiger partial charge in [-0.3, -0.25) is 4.79 Å². The molecule has 0 saturated heterocycles. The van der Waals surface area contributed by atoms with Gasteiger partial charge in [0.05, 0.1) is 5.25 Å². The van der Waals surface area contributed by atoms with Crippen molar-refractivity contribution in [2.45, 2.75) is 37.1 Å². The van der Waals surface area contributed by atoms with Gasteiger partial charge in [0.25, 0.3) is 0 Å². The summed E-state index contributed by atoms with van der Waals surface area (Å²) in [7, 11) is -2.98. The van der Waals surface area contributed by atoms with Gasteiger partial charge in [0.2, 0.25) is 0 Å². The molecule has 0 aliphatic heterocycles. The van der Waals surface area contributed by atoms with Crippen molar-refractivity contribution in [2.24, 2.45) is 0 Å². The molecule has 1 aliphatic rings. The van der Waals surface area contributed by atoms with E-state index in [9.17, 15) is 13.2 Å². The lowest BCUT2D eigenvalue weighted by Gasteiger charge is -2.18. The van der Waals surface area contributed by atoms with E-state index in [-0.39, 0.29) is 16.2 Å². The van der Waals surface area contributed by atoms with Gasteiger partial charge in [0, 0.05) is 29.9 Å². The Morgan fingerprint density at radius 2 is 2.29 bits per heavy atom. The van der Waals surface area contributed by atoms with Crippen molar-refractivity contribution in [3.63, 3.8) is 0 Å². The van der Waals surface area contributed by atoms with Crippen LogP contribution in [0, 0.1) is 0 Å². The fourth-order valence-corrected chi connectivity index (χ4v) is 4.32. The largest absolute Gasteiger partial charge is 0.315 e.